The van der Waals surface area contributed by atoms with Gasteiger partial charge in [-0.05, 0) is 12.1 Å². The summed E-state index contributed by atoms with van der Waals surface area (Å²) in [5, 5.41) is 6.52. The standard InChI is InChI=1S/C13H15N3O2S/c1-14-12(17)7-9-8-15-13(19-9)16-10-5-3-4-6-11(10)18-2/h3-6,8H,7H2,1-2H3,(H,14,17)(H,15,16). The number of para-hydroxylation sites is 2. The Bertz CT molecular complexity index is 569. The molecule has 1 amide bonds. The van der Waals surface area contributed by atoms with Crippen molar-refractivity contribution in [3.63, 3.8) is 0 Å². The molecule has 0 saturated heterocycles. The summed E-state index contributed by atoms with van der Waals surface area (Å²) in [6.45, 7) is 0. The van der Waals surface area contributed by atoms with Crippen molar-refractivity contribution in [2.45, 2.75) is 6.42 Å². The van der Waals surface area contributed by atoms with Crippen LogP contribution in [0.15, 0.2) is 30.5 Å². The highest BCUT2D eigenvalue weighted by atomic mass is 32.1. The molecule has 0 unspecified atom stereocenters. The number of nitrogens with one attached hydrogen (secondary N) is 2. The van der Waals surface area contributed by atoms with E-state index in [1.54, 1.807) is 20.4 Å². The van der Waals surface area contributed by atoms with E-state index in [4.69, 9.17) is 4.74 Å². The molecule has 5 nitrogen and oxygen atoms in total. The maximum atomic E-state index is 11.3. The largest absolute Gasteiger partial charge is 0.495 e. The van der Waals surface area contributed by atoms with Crippen molar-refractivity contribution in [2.24, 2.45) is 0 Å². The summed E-state index contributed by atoms with van der Waals surface area (Å²) in [6, 6.07) is 7.62. The molecule has 0 bridgehead atoms. The highest BCUT2D eigenvalue weighted by molar-refractivity contribution is 7.15. The third-order valence-electron chi connectivity index (χ3n) is 2.52. The van der Waals surface area contributed by atoms with Crippen LogP contribution in [0, 0.1) is 0 Å². The van der Waals surface area contributed by atoms with Crippen LogP contribution in [0.1, 0.15) is 4.88 Å². The first kappa shape index (κ1) is 13.4. The molecule has 100 valence electrons. The zero-order chi connectivity index (χ0) is 13.7. The molecule has 19 heavy (non-hydrogen) atoms. The van der Waals surface area contributed by atoms with E-state index in [9.17, 15) is 4.79 Å². The summed E-state index contributed by atoms with van der Waals surface area (Å²) in [5.74, 6) is 0.734. The number of methoxy groups -OCH3 is 1. The third-order valence-corrected chi connectivity index (χ3v) is 3.43. The van der Waals surface area contributed by atoms with Gasteiger partial charge in [-0.3, -0.25) is 4.79 Å². The molecule has 0 saturated carbocycles. The first-order chi connectivity index (χ1) is 9.22. The molecule has 2 rings (SSSR count). The van der Waals surface area contributed by atoms with Crippen molar-refractivity contribution in [1.29, 1.82) is 0 Å². The van der Waals surface area contributed by atoms with Gasteiger partial charge in [0.1, 0.15) is 5.75 Å². The number of amides is 1. The fourth-order valence-corrected chi connectivity index (χ4v) is 2.38. The van der Waals surface area contributed by atoms with Crippen LogP contribution in [0.3, 0.4) is 0 Å². The smallest absolute Gasteiger partial charge is 0.225 e. The highest BCUT2D eigenvalue weighted by Crippen LogP contribution is 2.29. The minimum Gasteiger partial charge on any atom is -0.495 e. The average Bonchev–Trinajstić information content (AvgIpc) is 2.86. The molecule has 6 heteroatoms. The lowest BCUT2D eigenvalue weighted by atomic mass is 10.3. The van der Waals surface area contributed by atoms with Gasteiger partial charge in [0.15, 0.2) is 5.13 Å². The minimum atomic E-state index is -0.0208. The molecule has 0 aliphatic carbocycles. The number of thiazole rings is 1. The normalized spacial score (nSPS) is 10.0. The van der Waals surface area contributed by atoms with Crippen LogP contribution in [-0.2, 0) is 11.2 Å². The molecule has 0 atom stereocenters. The molecular weight excluding hydrogens is 262 g/mol. The summed E-state index contributed by atoms with van der Waals surface area (Å²) < 4.78 is 5.26. The lowest BCUT2D eigenvalue weighted by Gasteiger charge is -2.07. The molecule has 2 N–H and O–H groups in total. The Morgan fingerprint density at radius 1 is 1.42 bits per heavy atom. The zero-order valence-electron chi connectivity index (χ0n) is 10.8. The monoisotopic (exact) mass is 277 g/mol. The van der Waals surface area contributed by atoms with Gasteiger partial charge in [-0.25, -0.2) is 4.98 Å². The van der Waals surface area contributed by atoms with E-state index in [2.05, 4.69) is 15.6 Å². The summed E-state index contributed by atoms with van der Waals surface area (Å²) in [4.78, 5) is 16.4. The Morgan fingerprint density at radius 2 is 2.21 bits per heavy atom. The van der Waals surface area contributed by atoms with Gasteiger partial charge in [-0.2, -0.15) is 0 Å². The van der Waals surface area contributed by atoms with Crippen molar-refractivity contribution in [3.8, 4) is 5.75 Å². The number of benzene rings is 1. The Morgan fingerprint density at radius 3 is 2.95 bits per heavy atom. The number of carbonyl (C=O) groups excluding carboxylic acids is 1. The third kappa shape index (κ3) is 3.45. The van der Waals surface area contributed by atoms with Gasteiger partial charge >= 0.3 is 0 Å². The minimum absolute atomic E-state index is 0.0208. The lowest BCUT2D eigenvalue weighted by Crippen LogP contribution is -2.19. The van der Waals surface area contributed by atoms with Crippen molar-refractivity contribution in [1.82, 2.24) is 10.3 Å². The predicted molar refractivity (Wildman–Crippen MR) is 76.2 cm³/mol. The number of aromatic nitrogens is 1. The highest BCUT2D eigenvalue weighted by Gasteiger charge is 2.08. The van der Waals surface area contributed by atoms with E-state index >= 15 is 0 Å². The second-order valence-corrected chi connectivity index (χ2v) is 4.92. The molecule has 1 heterocycles. The topological polar surface area (TPSA) is 63.2 Å². The second kappa shape index (κ2) is 6.19. The first-order valence-corrected chi connectivity index (χ1v) is 6.60. The van der Waals surface area contributed by atoms with E-state index in [0.29, 0.717) is 6.42 Å². The molecular formula is C13H15N3O2S. The Balaban J connectivity index is 2.09. The summed E-state index contributed by atoms with van der Waals surface area (Å²) >= 11 is 1.45. The molecule has 0 radical (unpaired) electrons. The molecule has 0 aliphatic heterocycles. The van der Waals surface area contributed by atoms with Crippen molar-refractivity contribution < 1.29 is 9.53 Å². The van der Waals surface area contributed by atoms with Crippen LogP contribution < -0.4 is 15.4 Å². The van der Waals surface area contributed by atoms with Crippen LogP contribution in [-0.4, -0.2) is 25.0 Å². The SMILES string of the molecule is CNC(=O)Cc1cnc(Nc2ccccc2OC)s1. The van der Waals surface area contributed by atoms with E-state index in [1.165, 1.54) is 11.3 Å². The molecule has 0 aliphatic rings. The average molecular weight is 277 g/mol. The van der Waals surface area contributed by atoms with Gasteiger partial charge in [0.25, 0.3) is 0 Å². The van der Waals surface area contributed by atoms with Crippen LogP contribution >= 0.6 is 11.3 Å². The summed E-state index contributed by atoms with van der Waals surface area (Å²) in [7, 11) is 3.25. The number of anilines is 2. The predicted octanol–water partition coefficient (Wildman–Crippen LogP) is 2.18. The molecule has 1 aromatic carbocycles. The number of hydrogen-bond donors (Lipinski definition) is 2. The Hall–Kier alpha value is -2.08. The van der Waals surface area contributed by atoms with Crippen LogP contribution in [0.25, 0.3) is 0 Å². The fourth-order valence-electron chi connectivity index (χ4n) is 1.56. The van der Waals surface area contributed by atoms with Gasteiger partial charge in [0.05, 0.1) is 19.2 Å². The van der Waals surface area contributed by atoms with Gasteiger partial charge in [0.2, 0.25) is 5.91 Å². The van der Waals surface area contributed by atoms with Crippen molar-refractivity contribution in [2.75, 3.05) is 19.5 Å². The quantitative estimate of drug-likeness (QED) is 0.879. The second-order valence-electron chi connectivity index (χ2n) is 3.81. The van der Waals surface area contributed by atoms with Gasteiger partial charge in [-0.15, -0.1) is 11.3 Å². The van der Waals surface area contributed by atoms with Gasteiger partial charge < -0.3 is 15.4 Å². The van der Waals surface area contributed by atoms with Crippen LogP contribution in [0.2, 0.25) is 0 Å². The zero-order valence-corrected chi connectivity index (χ0v) is 11.6. The number of hydrogen-bond acceptors (Lipinski definition) is 5. The maximum Gasteiger partial charge on any atom is 0.225 e. The number of carbonyl (C=O) groups is 1. The van der Waals surface area contributed by atoms with Gasteiger partial charge in [-0.1, -0.05) is 12.1 Å². The fraction of sp³-hybridized carbons (Fsp3) is 0.231. The van der Waals surface area contributed by atoms with E-state index < -0.39 is 0 Å². The van der Waals surface area contributed by atoms with E-state index in [1.807, 2.05) is 24.3 Å². The van der Waals surface area contributed by atoms with Crippen molar-refractivity contribution >= 4 is 28.1 Å². The number of rotatable bonds is 5. The number of likely N-dealkylation sites (N-methyl/N-ethyl adjacent to an activating group) is 1. The molecule has 0 fully saturated rings. The van der Waals surface area contributed by atoms with E-state index in [0.717, 1.165) is 21.4 Å². The number of nitrogens with zero attached hydrogens (tertiary/aromatic N) is 1. The summed E-state index contributed by atoms with van der Waals surface area (Å²) in [5.41, 5.74) is 0.853. The molecule has 2 aromatic rings. The Labute approximate surface area is 115 Å². The van der Waals surface area contributed by atoms with Crippen molar-refractivity contribution in [3.05, 3.63) is 35.3 Å². The van der Waals surface area contributed by atoms with E-state index in [-0.39, 0.29) is 5.91 Å². The van der Waals surface area contributed by atoms with Crippen LogP contribution in [0.4, 0.5) is 10.8 Å². The van der Waals surface area contributed by atoms with Gasteiger partial charge in [0, 0.05) is 18.1 Å². The summed E-state index contributed by atoms with van der Waals surface area (Å²) in [6.07, 6.45) is 2.05. The lowest BCUT2D eigenvalue weighted by molar-refractivity contribution is -0.119. The Kier molecular flexibility index (Phi) is 4.35. The first-order valence-electron chi connectivity index (χ1n) is 5.78. The molecule has 1 aromatic heterocycles. The van der Waals surface area contributed by atoms with Crippen LogP contribution in [0.5, 0.6) is 5.75 Å². The maximum absolute atomic E-state index is 11.3. The molecule has 0 spiro atoms. The number of ether oxygens (including phenoxy) is 1.